The number of hydrogen-bond donors (Lipinski definition) is 0. The topological polar surface area (TPSA) is 46.6 Å². The molecule has 0 N–H and O–H groups in total. The zero-order chi connectivity index (χ0) is 17.7. The normalized spacial score (nSPS) is 15.2. The van der Waals surface area contributed by atoms with Gasteiger partial charge in [-0.05, 0) is 51.3 Å². The van der Waals surface area contributed by atoms with E-state index in [9.17, 15) is 9.59 Å². The maximum absolute atomic E-state index is 12.8. The second kappa shape index (κ2) is 7.65. The van der Waals surface area contributed by atoms with E-state index in [0.717, 1.165) is 36.1 Å². The summed E-state index contributed by atoms with van der Waals surface area (Å²) in [6.45, 7) is 8.14. The van der Waals surface area contributed by atoms with Crippen LogP contribution in [0.15, 0.2) is 41.5 Å². The molecule has 130 valence electrons. The predicted octanol–water partition coefficient (Wildman–Crippen LogP) is 4.25. The molecule has 0 aromatic heterocycles. The summed E-state index contributed by atoms with van der Waals surface area (Å²) in [6, 6.07) is 9.61. The minimum absolute atomic E-state index is 0.0215. The first-order valence-corrected chi connectivity index (χ1v) is 8.61. The fourth-order valence-electron chi connectivity index (χ4n) is 2.84. The Balaban J connectivity index is 2.18. The molecule has 0 unspecified atom stereocenters. The Kier molecular flexibility index (Phi) is 5.81. The molecule has 1 aliphatic rings. The average Bonchev–Trinajstić information content (AvgIpc) is 2.80. The van der Waals surface area contributed by atoms with Crippen molar-refractivity contribution in [3.63, 3.8) is 0 Å². The number of carbonyl (C=O) groups is 2. The smallest absolute Gasteiger partial charge is 0.310 e. The Hall–Kier alpha value is -2.10. The van der Waals surface area contributed by atoms with Gasteiger partial charge >= 0.3 is 5.97 Å². The third-order valence-electron chi connectivity index (χ3n) is 3.91. The Bertz CT molecular complexity index is 626. The zero-order valence-electron chi connectivity index (χ0n) is 15.1. The number of hydrogen-bond acceptors (Lipinski definition) is 3. The number of amides is 1. The monoisotopic (exact) mass is 329 g/mol. The average molecular weight is 329 g/mol. The summed E-state index contributed by atoms with van der Waals surface area (Å²) in [7, 11) is 0. The van der Waals surface area contributed by atoms with Gasteiger partial charge in [-0.1, -0.05) is 31.5 Å². The van der Waals surface area contributed by atoms with Crippen molar-refractivity contribution in [2.24, 2.45) is 0 Å². The van der Waals surface area contributed by atoms with Gasteiger partial charge in [0.1, 0.15) is 5.60 Å². The highest BCUT2D eigenvalue weighted by Gasteiger charge is 2.32. The largest absolute Gasteiger partial charge is 0.460 e. The first-order valence-electron chi connectivity index (χ1n) is 8.61. The molecule has 0 spiro atoms. The van der Waals surface area contributed by atoms with Crippen LogP contribution in [0.5, 0.6) is 0 Å². The van der Waals surface area contributed by atoms with Gasteiger partial charge in [0.15, 0.2) is 0 Å². The van der Waals surface area contributed by atoms with Crippen LogP contribution >= 0.6 is 0 Å². The number of para-hydroxylation sites is 1. The second-order valence-electron chi connectivity index (χ2n) is 7.18. The molecule has 0 atom stereocenters. The van der Waals surface area contributed by atoms with E-state index in [1.165, 1.54) is 0 Å². The van der Waals surface area contributed by atoms with Crippen LogP contribution in [0.2, 0.25) is 0 Å². The van der Waals surface area contributed by atoms with E-state index in [0.29, 0.717) is 6.54 Å². The van der Waals surface area contributed by atoms with Crippen molar-refractivity contribution in [3.8, 4) is 0 Å². The van der Waals surface area contributed by atoms with Crippen molar-refractivity contribution >= 4 is 17.6 Å². The second-order valence-corrected chi connectivity index (χ2v) is 7.18. The van der Waals surface area contributed by atoms with Crippen molar-refractivity contribution in [2.45, 2.75) is 59.0 Å². The molecule has 4 heteroatoms. The van der Waals surface area contributed by atoms with E-state index in [-0.39, 0.29) is 18.3 Å². The van der Waals surface area contributed by atoms with E-state index in [1.54, 1.807) is 4.90 Å². The lowest BCUT2D eigenvalue weighted by Crippen LogP contribution is -2.27. The van der Waals surface area contributed by atoms with Gasteiger partial charge in [-0.3, -0.25) is 9.59 Å². The number of esters is 1. The first kappa shape index (κ1) is 18.2. The summed E-state index contributed by atoms with van der Waals surface area (Å²) < 4.78 is 5.43. The van der Waals surface area contributed by atoms with Gasteiger partial charge in [0.2, 0.25) is 0 Å². The fraction of sp³-hybridized carbons (Fsp3) is 0.500. The molecule has 0 saturated heterocycles. The summed E-state index contributed by atoms with van der Waals surface area (Å²) in [5.41, 5.74) is 2.04. The number of rotatable bonds is 6. The lowest BCUT2D eigenvalue weighted by molar-refractivity contribution is -0.153. The number of carbonyl (C=O) groups excluding carboxylic acids is 2. The molecule has 0 fully saturated rings. The van der Waals surface area contributed by atoms with Crippen LogP contribution in [0.25, 0.3) is 0 Å². The molecule has 0 bridgehead atoms. The van der Waals surface area contributed by atoms with Crippen molar-refractivity contribution in [2.75, 3.05) is 11.4 Å². The van der Waals surface area contributed by atoms with Crippen molar-refractivity contribution in [1.29, 1.82) is 0 Å². The van der Waals surface area contributed by atoms with Crippen LogP contribution in [0.3, 0.4) is 0 Å². The Morgan fingerprint density at radius 2 is 1.88 bits per heavy atom. The van der Waals surface area contributed by atoms with Crippen LogP contribution < -0.4 is 4.90 Å². The molecule has 1 aromatic carbocycles. The molecule has 2 rings (SSSR count). The first-order chi connectivity index (χ1) is 11.3. The summed E-state index contributed by atoms with van der Waals surface area (Å²) in [5, 5.41) is 0. The molecule has 24 heavy (non-hydrogen) atoms. The molecule has 1 amide bonds. The predicted molar refractivity (Wildman–Crippen MR) is 95.8 cm³/mol. The fourth-order valence-corrected chi connectivity index (χ4v) is 2.84. The van der Waals surface area contributed by atoms with Crippen LogP contribution in [-0.2, 0) is 14.3 Å². The van der Waals surface area contributed by atoms with Crippen molar-refractivity contribution in [1.82, 2.24) is 0 Å². The van der Waals surface area contributed by atoms with Crippen LogP contribution in [0, 0.1) is 0 Å². The highest BCUT2D eigenvalue weighted by Crippen LogP contribution is 2.30. The van der Waals surface area contributed by atoms with Gasteiger partial charge in [0.25, 0.3) is 5.91 Å². The van der Waals surface area contributed by atoms with Crippen LogP contribution in [0.4, 0.5) is 5.69 Å². The molecule has 0 aliphatic carbocycles. The standard InChI is InChI=1S/C20H27NO3/c1-5-6-12-17-15(13-18(22)24-20(2,3)4)14-21(19(17)23)16-10-8-7-9-11-16/h7-11H,5-6,12-14H2,1-4H3. The maximum atomic E-state index is 12.8. The van der Waals surface area contributed by atoms with Crippen LogP contribution in [0.1, 0.15) is 53.4 Å². The minimum atomic E-state index is -0.511. The van der Waals surface area contributed by atoms with Gasteiger partial charge in [-0.25, -0.2) is 0 Å². The number of anilines is 1. The highest BCUT2D eigenvalue weighted by molar-refractivity contribution is 6.09. The lowest BCUT2D eigenvalue weighted by atomic mass is 10.0. The number of ether oxygens (including phenoxy) is 1. The Morgan fingerprint density at radius 1 is 1.21 bits per heavy atom. The van der Waals surface area contributed by atoms with Gasteiger partial charge in [0.05, 0.1) is 6.42 Å². The SMILES string of the molecule is CCCCC1=C(CC(=O)OC(C)(C)C)CN(c2ccccc2)C1=O. The molecule has 1 aromatic rings. The third kappa shape index (κ3) is 4.70. The van der Waals surface area contributed by atoms with Gasteiger partial charge in [-0.2, -0.15) is 0 Å². The Labute approximate surface area is 144 Å². The van der Waals surface area contributed by atoms with Crippen molar-refractivity contribution in [3.05, 3.63) is 41.5 Å². The van der Waals surface area contributed by atoms with Crippen LogP contribution in [-0.4, -0.2) is 24.0 Å². The zero-order valence-corrected chi connectivity index (χ0v) is 15.1. The van der Waals surface area contributed by atoms with Gasteiger partial charge < -0.3 is 9.64 Å². The Morgan fingerprint density at radius 3 is 2.46 bits per heavy atom. The molecule has 4 nitrogen and oxygen atoms in total. The molecule has 0 radical (unpaired) electrons. The molecule has 1 heterocycles. The third-order valence-corrected chi connectivity index (χ3v) is 3.91. The lowest BCUT2D eigenvalue weighted by Gasteiger charge is -2.20. The van der Waals surface area contributed by atoms with E-state index in [4.69, 9.17) is 4.74 Å². The minimum Gasteiger partial charge on any atom is -0.460 e. The summed E-state index contributed by atoms with van der Waals surface area (Å²) >= 11 is 0. The van der Waals surface area contributed by atoms with E-state index in [1.807, 2.05) is 51.1 Å². The summed E-state index contributed by atoms with van der Waals surface area (Å²) in [4.78, 5) is 26.8. The summed E-state index contributed by atoms with van der Waals surface area (Å²) in [5.74, 6) is -0.248. The maximum Gasteiger partial charge on any atom is 0.310 e. The van der Waals surface area contributed by atoms with Gasteiger partial charge in [-0.15, -0.1) is 0 Å². The number of nitrogens with zero attached hydrogens (tertiary/aromatic N) is 1. The molecule has 0 saturated carbocycles. The quantitative estimate of drug-likeness (QED) is 0.733. The highest BCUT2D eigenvalue weighted by atomic mass is 16.6. The van der Waals surface area contributed by atoms with Gasteiger partial charge in [0, 0.05) is 17.8 Å². The molecule has 1 aliphatic heterocycles. The van der Waals surface area contributed by atoms with E-state index < -0.39 is 5.60 Å². The molecular formula is C20H27NO3. The van der Waals surface area contributed by atoms with E-state index >= 15 is 0 Å². The number of unbranched alkanes of at least 4 members (excludes halogenated alkanes) is 1. The number of benzene rings is 1. The van der Waals surface area contributed by atoms with E-state index in [2.05, 4.69) is 6.92 Å². The van der Waals surface area contributed by atoms with Crippen molar-refractivity contribution < 1.29 is 14.3 Å². The summed E-state index contributed by atoms with van der Waals surface area (Å²) in [6.07, 6.45) is 2.87. The molecular weight excluding hydrogens is 302 g/mol.